The number of hydrogen-bond donors (Lipinski definition) is 3. The van der Waals surface area contributed by atoms with Gasteiger partial charge in [-0.3, -0.25) is 0 Å². The summed E-state index contributed by atoms with van der Waals surface area (Å²) in [5.41, 5.74) is 7.52. The summed E-state index contributed by atoms with van der Waals surface area (Å²) < 4.78 is 0. The second kappa shape index (κ2) is 7.79. The summed E-state index contributed by atoms with van der Waals surface area (Å²) in [5, 5.41) is 15.4. The van der Waals surface area contributed by atoms with Gasteiger partial charge in [-0.1, -0.05) is 56.1 Å². The number of benzene rings is 1. The minimum Gasteiger partial charge on any atom is -0.409 e. The maximum atomic E-state index is 8.80. The largest absolute Gasteiger partial charge is 0.409 e. The Morgan fingerprint density at radius 2 is 1.95 bits per heavy atom. The summed E-state index contributed by atoms with van der Waals surface area (Å²) >= 11 is 0. The van der Waals surface area contributed by atoms with Crippen molar-refractivity contribution in [2.24, 2.45) is 16.8 Å². The van der Waals surface area contributed by atoms with E-state index in [1.807, 2.05) is 24.3 Å². The molecule has 0 saturated carbocycles. The number of amidine groups is 1. The standard InChI is InChI=1S/C15H25N3O/c1-4-12(5-2)11(3)17-10-13-8-6-7-9-14(13)15(16)18-19/h6-9,11-12,17,19H,4-5,10H2,1-3H3,(H2,16,18). The van der Waals surface area contributed by atoms with Crippen molar-refractivity contribution >= 4 is 5.84 Å². The first kappa shape index (κ1) is 15.5. The van der Waals surface area contributed by atoms with Gasteiger partial charge in [0, 0.05) is 18.2 Å². The molecule has 19 heavy (non-hydrogen) atoms. The van der Waals surface area contributed by atoms with E-state index in [1.54, 1.807) is 0 Å². The Kier molecular flexibility index (Phi) is 6.36. The zero-order chi connectivity index (χ0) is 14.3. The fraction of sp³-hybridized carbons (Fsp3) is 0.533. The van der Waals surface area contributed by atoms with Gasteiger partial charge < -0.3 is 16.3 Å². The monoisotopic (exact) mass is 263 g/mol. The molecular weight excluding hydrogens is 238 g/mol. The molecule has 0 aliphatic rings. The Balaban J connectivity index is 2.73. The molecule has 106 valence electrons. The minimum absolute atomic E-state index is 0.160. The number of rotatable bonds is 7. The molecule has 0 bridgehead atoms. The van der Waals surface area contributed by atoms with Crippen molar-refractivity contribution in [1.29, 1.82) is 0 Å². The van der Waals surface area contributed by atoms with Crippen LogP contribution < -0.4 is 11.1 Å². The van der Waals surface area contributed by atoms with Gasteiger partial charge in [-0.15, -0.1) is 0 Å². The second-order valence-electron chi connectivity index (χ2n) is 4.89. The second-order valence-corrected chi connectivity index (χ2v) is 4.89. The highest BCUT2D eigenvalue weighted by molar-refractivity contribution is 5.98. The molecule has 0 heterocycles. The summed E-state index contributed by atoms with van der Waals surface area (Å²) in [7, 11) is 0. The molecule has 1 atom stereocenters. The van der Waals surface area contributed by atoms with E-state index in [0.29, 0.717) is 12.0 Å². The van der Waals surface area contributed by atoms with Crippen LogP contribution in [0.25, 0.3) is 0 Å². The van der Waals surface area contributed by atoms with Crippen molar-refractivity contribution in [3.05, 3.63) is 35.4 Å². The minimum atomic E-state index is 0.160. The van der Waals surface area contributed by atoms with Gasteiger partial charge in [-0.05, 0) is 18.4 Å². The summed E-state index contributed by atoms with van der Waals surface area (Å²) in [6.07, 6.45) is 2.35. The van der Waals surface area contributed by atoms with Gasteiger partial charge in [0.1, 0.15) is 0 Å². The molecule has 4 heteroatoms. The lowest BCUT2D eigenvalue weighted by atomic mass is 9.95. The molecule has 0 aliphatic carbocycles. The summed E-state index contributed by atoms with van der Waals surface area (Å²) in [6, 6.07) is 8.18. The Labute approximate surface area is 115 Å². The van der Waals surface area contributed by atoms with Crippen LogP contribution >= 0.6 is 0 Å². The molecule has 4 nitrogen and oxygen atoms in total. The predicted octanol–water partition coefficient (Wildman–Crippen LogP) is 2.70. The Morgan fingerprint density at radius 1 is 1.32 bits per heavy atom. The number of hydrogen-bond acceptors (Lipinski definition) is 3. The van der Waals surface area contributed by atoms with Crippen LogP contribution in [0.3, 0.4) is 0 Å². The van der Waals surface area contributed by atoms with Crippen LogP contribution in [-0.2, 0) is 6.54 Å². The molecule has 0 aliphatic heterocycles. The van der Waals surface area contributed by atoms with Gasteiger partial charge in [0.25, 0.3) is 0 Å². The maximum absolute atomic E-state index is 8.80. The van der Waals surface area contributed by atoms with E-state index in [4.69, 9.17) is 10.9 Å². The first-order valence-corrected chi connectivity index (χ1v) is 6.93. The average Bonchev–Trinajstić information content (AvgIpc) is 2.45. The fourth-order valence-electron chi connectivity index (χ4n) is 2.41. The van der Waals surface area contributed by atoms with Crippen molar-refractivity contribution < 1.29 is 5.21 Å². The Bertz CT molecular complexity index is 414. The van der Waals surface area contributed by atoms with E-state index in [1.165, 1.54) is 12.8 Å². The van der Waals surface area contributed by atoms with Crippen LogP contribution in [0.5, 0.6) is 0 Å². The van der Waals surface area contributed by atoms with Gasteiger partial charge in [-0.2, -0.15) is 0 Å². The molecule has 4 N–H and O–H groups in total. The molecule has 1 aromatic rings. The summed E-state index contributed by atoms with van der Waals surface area (Å²) in [6.45, 7) is 7.38. The number of nitrogens with one attached hydrogen (secondary N) is 1. The predicted molar refractivity (Wildman–Crippen MR) is 79.3 cm³/mol. The number of oxime groups is 1. The van der Waals surface area contributed by atoms with Crippen molar-refractivity contribution in [3.8, 4) is 0 Å². The van der Waals surface area contributed by atoms with Crippen LogP contribution in [-0.4, -0.2) is 17.1 Å². The highest BCUT2D eigenvalue weighted by Crippen LogP contribution is 2.14. The molecule has 0 saturated heterocycles. The molecule has 1 aromatic carbocycles. The van der Waals surface area contributed by atoms with E-state index in [0.717, 1.165) is 17.7 Å². The molecule has 0 radical (unpaired) electrons. The quantitative estimate of drug-likeness (QED) is 0.306. The summed E-state index contributed by atoms with van der Waals surface area (Å²) in [4.78, 5) is 0. The van der Waals surface area contributed by atoms with E-state index in [9.17, 15) is 0 Å². The molecule has 0 amide bonds. The lowest BCUT2D eigenvalue weighted by molar-refractivity contribution is 0.318. The molecule has 0 fully saturated rings. The fourth-order valence-corrected chi connectivity index (χ4v) is 2.41. The molecule has 0 aromatic heterocycles. The van der Waals surface area contributed by atoms with Gasteiger partial charge in [-0.25, -0.2) is 0 Å². The third-order valence-electron chi connectivity index (χ3n) is 3.77. The maximum Gasteiger partial charge on any atom is 0.170 e. The van der Waals surface area contributed by atoms with Crippen LogP contribution in [0.15, 0.2) is 29.4 Å². The third kappa shape index (κ3) is 4.24. The number of nitrogens with zero attached hydrogens (tertiary/aromatic N) is 1. The van der Waals surface area contributed by atoms with Crippen LogP contribution in [0, 0.1) is 5.92 Å². The van der Waals surface area contributed by atoms with Gasteiger partial charge in [0.15, 0.2) is 5.84 Å². The lowest BCUT2D eigenvalue weighted by Crippen LogP contribution is -2.33. The Hall–Kier alpha value is -1.55. The lowest BCUT2D eigenvalue weighted by Gasteiger charge is -2.23. The van der Waals surface area contributed by atoms with E-state index < -0.39 is 0 Å². The smallest absolute Gasteiger partial charge is 0.170 e. The zero-order valence-corrected chi connectivity index (χ0v) is 12.1. The van der Waals surface area contributed by atoms with Crippen molar-refractivity contribution in [2.45, 2.75) is 46.2 Å². The molecule has 1 rings (SSSR count). The summed E-state index contributed by atoms with van der Waals surface area (Å²) in [5.74, 6) is 0.837. The normalized spacial score (nSPS) is 13.8. The zero-order valence-electron chi connectivity index (χ0n) is 12.1. The topological polar surface area (TPSA) is 70.6 Å². The first-order chi connectivity index (χ1) is 9.13. The van der Waals surface area contributed by atoms with E-state index in [-0.39, 0.29) is 5.84 Å². The van der Waals surface area contributed by atoms with Crippen molar-refractivity contribution in [2.75, 3.05) is 0 Å². The van der Waals surface area contributed by atoms with Gasteiger partial charge in [0.2, 0.25) is 0 Å². The van der Waals surface area contributed by atoms with E-state index >= 15 is 0 Å². The molecule has 0 spiro atoms. The molecular formula is C15H25N3O. The Morgan fingerprint density at radius 3 is 2.53 bits per heavy atom. The van der Waals surface area contributed by atoms with Crippen molar-refractivity contribution in [3.63, 3.8) is 0 Å². The van der Waals surface area contributed by atoms with Gasteiger partial charge in [0.05, 0.1) is 0 Å². The van der Waals surface area contributed by atoms with E-state index in [2.05, 4.69) is 31.2 Å². The van der Waals surface area contributed by atoms with Gasteiger partial charge >= 0.3 is 0 Å². The first-order valence-electron chi connectivity index (χ1n) is 6.93. The van der Waals surface area contributed by atoms with Crippen LogP contribution in [0.2, 0.25) is 0 Å². The van der Waals surface area contributed by atoms with Crippen LogP contribution in [0.1, 0.15) is 44.7 Å². The van der Waals surface area contributed by atoms with Crippen molar-refractivity contribution in [1.82, 2.24) is 5.32 Å². The van der Waals surface area contributed by atoms with Crippen LogP contribution in [0.4, 0.5) is 0 Å². The SMILES string of the molecule is CCC(CC)C(C)NCc1ccccc1C(N)=NO. The molecule has 1 unspecified atom stereocenters. The number of nitrogens with two attached hydrogens (primary N) is 1. The average molecular weight is 263 g/mol. The third-order valence-corrected chi connectivity index (χ3v) is 3.77. The highest BCUT2D eigenvalue weighted by Gasteiger charge is 2.13. The highest BCUT2D eigenvalue weighted by atomic mass is 16.4.